The molecule has 3 fully saturated rings. The third-order valence-corrected chi connectivity index (χ3v) is 8.59. The van der Waals surface area contributed by atoms with E-state index in [1.807, 2.05) is 0 Å². The lowest BCUT2D eigenvalue weighted by Crippen LogP contribution is -2.61. The first-order valence-electron chi connectivity index (χ1n) is 13.4. The van der Waals surface area contributed by atoms with Gasteiger partial charge in [-0.2, -0.15) is 0 Å². The second-order valence-electron chi connectivity index (χ2n) is 11.6. The van der Waals surface area contributed by atoms with Gasteiger partial charge in [-0.3, -0.25) is 0 Å². The molecule has 0 radical (unpaired) electrons. The van der Waals surface area contributed by atoms with Crippen molar-refractivity contribution in [3.63, 3.8) is 0 Å². The van der Waals surface area contributed by atoms with Crippen LogP contribution in [-0.4, -0.2) is 52.9 Å². The highest BCUT2D eigenvalue weighted by molar-refractivity contribution is 5.91. The first-order valence-corrected chi connectivity index (χ1v) is 13.4. The summed E-state index contributed by atoms with van der Waals surface area (Å²) in [5, 5.41) is 9.44. The van der Waals surface area contributed by atoms with Crippen molar-refractivity contribution in [1.82, 2.24) is 0 Å². The summed E-state index contributed by atoms with van der Waals surface area (Å²) in [6.45, 7) is 7.44. The molecule has 0 bridgehead atoms. The smallest absolute Gasteiger partial charge is 0.479 e. The number of hydrogen-bond acceptors (Lipinski definition) is 8. The Kier molecular flexibility index (Phi) is 8.23. The zero-order valence-electron chi connectivity index (χ0n) is 22.6. The number of halogens is 2. The molecule has 39 heavy (non-hydrogen) atoms. The summed E-state index contributed by atoms with van der Waals surface area (Å²) in [5.41, 5.74) is 2.12. The number of hydrogen-bond donors (Lipinski definition) is 2. The molecular weight excluding hydrogens is 516 g/mol. The third-order valence-electron chi connectivity index (χ3n) is 8.59. The molecule has 0 spiro atoms. The Morgan fingerprint density at radius 1 is 1.10 bits per heavy atom. The van der Waals surface area contributed by atoms with Crippen LogP contribution in [0.5, 0.6) is 0 Å². The number of benzene rings is 1. The Bertz CT molecular complexity index is 1080. The summed E-state index contributed by atoms with van der Waals surface area (Å²) in [4.78, 5) is 37.4. The molecule has 11 heteroatoms. The van der Waals surface area contributed by atoms with Gasteiger partial charge in [0.05, 0.1) is 12.7 Å². The maximum atomic E-state index is 15.2. The van der Waals surface area contributed by atoms with Gasteiger partial charge in [0.1, 0.15) is 17.5 Å². The van der Waals surface area contributed by atoms with Crippen molar-refractivity contribution in [2.45, 2.75) is 89.7 Å². The average Bonchev–Trinajstić information content (AvgIpc) is 3.33. The van der Waals surface area contributed by atoms with E-state index in [2.05, 4.69) is 20.8 Å². The number of carbonyl (C=O) groups is 3. The zero-order chi connectivity index (χ0) is 28.7. The van der Waals surface area contributed by atoms with Gasteiger partial charge in [0.15, 0.2) is 0 Å². The number of carbonyl (C=O) groups excluding carboxylic acids is 2. The van der Waals surface area contributed by atoms with Crippen molar-refractivity contribution in [2.75, 3.05) is 0 Å². The van der Waals surface area contributed by atoms with E-state index in [-0.39, 0.29) is 25.0 Å². The van der Waals surface area contributed by atoms with Gasteiger partial charge in [0.25, 0.3) is 0 Å². The molecule has 1 aromatic rings. The molecule has 0 heterocycles. The highest BCUT2D eigenvalue weighted by Gasteiger charge is 2.85. The number of ether oxygens (including phenoxy) is 4. The first-order chi connectivity index (χ1) is 18.3. The molecule has 0 aliphatic heterocycles. The van der Waals surface area contributed by atoms with Gasteiger partial charge >= 0.3 is 18.1 Å². The van der Waals surface area contributed by atoms with Gasteiger partial charge in [-0.15, -0.1) is 0 Å². The SMILES string of the molecule is CC(C)[C@@H]1CC[C@@H](C)CC1OC(=O)O[C@H](C)OC(=O)[C@]1(N)C(OCc2ccc(F)cc2)C[C@@H]2[C@H]1[C@@]2(F)C(=O)O. The summed E-state index contributed by atoms with van der Waals surface area (Å²) in [7, 11) is 0. The summed E-state index contributed by atoms with van der Waals surface area (Å²) >= 11 is 0. The minimum Gasteiger partial charge on any atom is -0.479 e. The number of aliphatic carboxylic acids is 1. The lowest BCUT2D eigenvalue weighted by Gasteiger charge is -2.36. The predicted octanol–water partition coefficient (Wildman–Crippen LogP) is 4.35. The van der Waals surface area contributed by atoms with E-state index in [1.54, 1.807) is 0 Å². The van der Waals surface area contributed by atoms with Crippen molar-refractivity contribution in [2.24, 2.45) is 35.3 Å². The van der Waals surface area contributed by atoms with E-state index in [9.17, 15) is 23.9 Å². The maximum absolute atomic E-state index is 15.2. The van der Waals surface area contributed by atoms with E-state index in [1.165, 1.54) is 31.2 Å². The summed E-state index contributed by atoms with van der Waals surface area (Å²) in [6.07, 6.45) is -1.32. The van der Waals surface area contributed by atoms with Crippen molar-refractivity contribution in [1.29, 1.82) is 0 Å². The Morgan fingerprint density at radius 2 is 1.77 bits per heavy atom. The summed E-state index contributed by atoms with van der Waals surface area (Å²) in [5.74, 6) is -4.86. The van der Waals surface area contributed by atoms with E-state index >= 15 is 4.39 Å². The van der Waals surface area contributed by atoms with Crippen LogP contribution < -0.4 is 5.73 Å². The normalized spacial score (nSPS) is 36.1. The molecule has 9 nitrogen and oxygen atoms in total. The fourth-order valence-corrected chi connectivity index (χ4v) is 6.39. The Hall–Kier alpha value is -2.79. The predicted molar refractivity (Wildman–Crippen MR) is 133 cm³/mol. The van der Waals surface area contributed by atoms with E-state index in [0.717, 1.165) is 12.8 Å². The van der Waals surface area contributed by atoms with Crippen LogP contribution in [0, 0.1) is 35.4 Å². The quantitative estimate of drug-likeness (QED) is 0.338. The van der Waals surface area contributed by atoms with Crippen LogP contribution in [-0.2, 0) is 35.1 Å². The highest BCUT2D eigenvalue weighted by atomic mass is 19.1. The zero-order valence-corrected chi connectivity index (χ0v) is 22.6. The monoisotopic (exact) mass is 553 g/mol. The van der Waals surface area contributed by atoms with Crippen LogP contribution in [0.3, 0.4) is 0 Å². The molecule has 0 amide bonds. The molecule has 1 aromatic carbocycles. The number of carboxylic acid groups (broad SMARTS) is 1. The first kappa shape index (κ1) is 29.2. The van der Waals surface area contributed by atoms with Gasteiger partial charge in [0, 0.05) is 18.8 Å². The van der Waals surface area contributed by atoms with Gasteiger partial charge in [-0.25, -0.2) is 23.2 Å². The molecule has 2 unspecified atom stereocenters. The van der Waals surface area contributed by atoms with Crippen molar-refractivity contribution in [3.8, 4) is 0 Å². The van der Waals surface area contributed by atoms with E-state index in [4.69, 9.17) is 24.7 Å². The number of nitrogens with two attached hydrogens (primary N) is 1. The van der Waals surface area contributed by atoms with E-state index < -0.39 is 59.3 Å². The number of fused-ring (bicyclic) bond motifs is 1. The molecule has 3 N–H and O–H groups in total. The molecule has 4 rings (SSSR count). The molecule has 9 atom stereocenters. The van der Waals surface area contributed by atoms with Crippen LogP contribution in [0.25, 0.3) is 0 Å². The lowest BCUT2D eigenvalue weighted by molar-refractivity contribution is -0.184. The number of esters is 1. The molecule has 3 aliphatic rings. The van der Waals surface area contributed by atoms with Gasteiger partial charge in [-0.1, -0.05) is 39.3 Å². The lowest BCUT2D eigenvalue weighted by atomic mass is 9.75. The van der Waals surface area contributed by atoms with Gasteiger partial charge in [0.2, 0.25) is 12.0 Å². The van der Waals surface area contributed by atoms with Crippen LogP contribution >= 0.6 is 0 Å². The highest BCUT2D eigenvalue weighted by Crippen LogP contribution is 2.67. The van der Waals surface area contributed by atoms with Crippen molar-refractivity contribution >= 4 is 18.1 Å². The fourth-order valence-electron chi connectivity index (χ4n) is 6.39. The number of carboxylic acids is 1. The van der Waals surface area contributed by atoms with Crippen molar-refractivity contribution in [3.05, 3.63) is 35.6 Å². The molecule has 3 aliphatic carbocycles. The summed E-state index contributed by atoms with van der Waals surface area (Å²) in [6, 6.07) is 5.44. The van der Waals surface area contributed by atoms with Crippen LogP contribution in [0.4, 0.5) is 13.6 Å². The molecule has 0 saturated heterocycles. The van der Waals surface area contributed by atoms with Crippen LogP contribution in [0.2, 0.25) is 0 Å². The minimum absolute atomic E-state index is 0.0712. The van der Waals surface area contributed by atoms with Crippen molar-refractivity contribution < 1.29 is 47.2 Å². The second-order valence-corrected chi connectivity index (χ2v) is 11.6. The standard InChI is InChI=1S/C28H37F2NO8/c1-14(2)19-10-5-15(3)11-21(19)39-26(35)38-16(4)37-25(34)28(31)22(12-20-23(28)27(20,30)24(32)33)36-13-17-6-8-18(29)9-7-17/h6-9,14-16,19-23H,5,10-13,31H2,1-4H3,(H,32,33)/t15-,16-,19+,20-,21?,22?,23+,27-,28+/m1/s1. The Morgan fingerprint density at radius 3 is 2.38 bits per heavy atom. The Balaban J connectivity index is 1.41. The molecule has 0 aromatic heterocycles. The number of rotatable bonds is 9. The largest absolute Gasteiger partial charge is 0.511 e. The fraction of sp³-hybridized carbons (Fsp3) is 0.679. The minimum atomic E-state index is -2.70. The Labute approximate surface area is 226 Å². The molecule has 216 valence electrons. The third kappa shape index (κ3) is 5.61. The number of alkyl halides is 1. The second kappa shape index (κ2) is 11.0. The van der Waals surface area contributed by atoms with E-state index in [0.29, 0.717) is 23.8 Å². The topological polar surface area (TPSA) is 134 Å². The molecular formula is C28H37F2NO8. The maximum Gasteiger partial charge on any atom is 0.511 e. The van der Waals surface area contributed by atoms with Crippen LogP contribution in [0.15, 0.2) is 24.3 Å². The summed E-state index contributed by atoms with van der Waals surface area (Å²) < 4.78 is 50.3. The van der Waals surface area contributed by atoms with Crippen LogP contribution in [0.1, 0.15) is 58.9 Å². The van der Waals surface area contributed by atoms with Gasteiger partial charge in [-0.05, 0) is 54.7 Å². The average molecular weight is 554 g/mol. The molecule has 3 saturated carbocycles. The van der Waals surface area contributed by atoms with Gasteiger partial charge < -0.3 is 29.8 Å².